The van der Waals surface area contributed by atoms with Crippen LogP contribution in [-0.2, 0) is 0 Å². The molecule has 3 nitrogen and oxygen atoms in total. The Labute approximate surface area is 118 Å². The van der Waals surface area contributed by atoms with Gasteiger partial charge in [0, 0.05) is 17.1 Å². The van der Waals surface area contributed by atoms with E-state index in [0.717, 1.165) is 35.2 Å². The highest BCUT2D eigenvalue weighted by atomic mass is 32.2. The first-order chi connectivity index (χ1) is 9.22. The summed E-state index contributed by atoms with van der Waals surface area (Å²) in [6.45, 7) is 2.89. The van der Waals surface area contributed by atoms with E-state index in [0.29, 0.717) is 5.56 Å². The van der Waals surface area contributed by atoms with Crippen molar-refractivity contribution in [3.63, 3.8) is 0 Å². The summed E-state index contributed by atoms with van der Waals surface area (Å²) in [6.07, 6.45) is 5.14. The summed E-state index contributed by atoms with van der Waals surface area (Å²) in [6, 6.07) is 5.67. The van der Waals surface area contributed by atoms with Gasteiger partial charge in [0.1, 0.15) is 0 Å². The highest BCUT2D eigenvalue weighted by Gasteiger charge is 2.20. The normalized spacial score (nSPS) is 14.4. The van der Waals surface area contributed by atoms with Gasteiger partial charge >= 0.3 is 5.97 Å². The van der Waals surface area contributed by atoms with Gasteiger partial charge in [-0.2, -0.15) is 0 Å². The van der Waals surface area contributed by atoms with Crippen molar-refractivity contribution in [2.24, 2.45) is 5.92 Å². The second-order valence-electron chi connectivity index (χ2n) is 4.93. The molecular weight excluding hydrogens is 258 g/mol. The van der Waals surface area contributed by atoms with Crippen LogP contribution in [0.15, 0.2) is 23.1 Å². The second-order valence-corrected chi connectivity index (χ2v) is 6.24. The Hall–Kier alpha value is -1.16. The third-order valence-corrected chi connectivity index (χ3v) is 4.28. The van der Waals surface area contributed by atoms with E-state index >= 15 is 0 Å². The summed E-state index contributed by atoms with van der Waals surface area (Å²) in [5.41, 5.74) is 1.17. The fourth-order valence-electron chi connectivity index (χ4n) is 2.20. The van der Waals surface area contributed by atoms with E-state index in [9.17, 15) is 9.90 Å². The standard InChI is InChI=1S/C15H21NO2S/c1-2-19-13-7-3-6-12(14(13)15(17)18)16-10-4-5-11-8-9-11/h3,6-7,11,16H,2,4-5,8-10H2,1H3,(H,17,18). The first-order valence-corrected chi connectivity index (χ1v) is 7.94. The molecule has 0 radical (unpaired) electrons. The third-order valence-electron chi connectivity index (χ3n) is 3.34. The van der Waals surface area contributed by atoms with Gasteiger partial charge in [-0.1, -0.05) is 25.8 Å². The molecule has 1 aliphatic carbocycles. The lowest BCUT2D eigenvalue weighted by Crippen LogP contribution is -2.09. The van der Waals surface area contributed by atoms with Crippen molar-refractivity contribution in [1.29, 1.82) is 0 Å². The lowest BCUT2D eigenvalue weighted by molar-refractivity contribution is 0.0694. The second kappa shape index (κ2) is 6.85. The summed E-state index contributed by atoms with van der Waals surface area (Å²) in [5, 5.41) is 12.7. The first-order valence-electron chi connectivity index (χ1n) is 6.95. The van der Waals surface area contributed by atoms with Crippen molar-refractivity contribution in [3.8, 4) is 0 Å². The molecule has 1 aliphatic rings. The predicted molar refractivity (Wildman–Crippen MR) is 80.2 cm³/mol. The lowest BCUT2D eigenvalue weighted by Gasteiger charge is -2.12. The van der Waals surface area contributed by atoms with Gasteiger partial charge in [-0.3, -0.25) is 0 Å². The number of hydrogen-bond donors (Lipinski definition) is 2. The maximum absolute atomic E-state index is 11.4. The minimum Gasteiger partial charge on any atom is -0.478 e. The minimum absolute atomic E-state index is 0.417. The average Bonchev–Trinajstić information content (AvgIpc) is 3.19. The number of carboxylic acid groups (broad SMARTS) is 1. The average molecular weight is 279 g/mol. The van der Waals surface area contributed by atoms with Crippen LogP contribution < -0.4 is 5.32 Å². The van der Waals surface area contributed by atoms with Crippen LogP contribution in [-0.4, -0.2) is 23.4 Å². The van der Waals surface area contributed by atoms with Gasteiger partial charge in [0.15, 0.2) is 0 Å². The van der Waals surface area contributed by atoms with Gasteiger partial charge < -0.3 is 10.4 Å². The summed E-state index contributed by atoms with van der Waals surface area (Å²) in [7, 11) is 0. The molecule has 0 atom stereocenters. The van der Waals surface area contributed by atoms with Gasteiger partial charge in [-0.25, -0.2) is 4.79 Å². The van der Waals surface area contributed by atoms with Crippen molar-refractivity contribution < 1.29 is 9.90 Å². The summed E-state index contributed by atoms with van der Waals surface area (Å²) in [4.78, 5) is 12.3. The molecule has 0 aliphatic heterocycles. The maximum Gasteiger partial charge on any atom is 0.338 e. The fraction of sp³-hybridized carbons (Fsp3) is 0.533. The Kier molecular flexibility index (Phi) is 5.14. The smallest absolute Gasteiger partial charge is 0.338 e. The van der Waals surface area contributed by atoms with Crippen LogP contribution in [0.5, 0.6) is 0 Å². The number of rotatable bonds is 8. The van der Waals surface area contributed by atoms with Crippen LogP contribution in [0.2, 0.25) is 0 Å². The lowest BCUT2D eigenvalue weighted by atomic mass is 10.1. The van der Waals surface area contributed by atoms with E-state index in [2.05, 4.69) is 5.32 Å². The zero-order valence-electron chi connectivity index (χ0n) is 11.3. The molecule has 1 saturated carbocycles. The number of thioether (sulfide) groups is 1. The molecule has 0 amide bonds. The topological polar surface area (TPSA) is 49.3 Å². The van der Waals surface area contributed by atoms with Gasteiger partial charge in [-0.15, -0.1) is 11.8 Å². The number of carbonyl (C=O) groups is 1. The van der Waals surface area contributed by atoms with Crippen molar-refractivity contribution in [2.75, 3.05) is 17.6 Å². The largest absolute Gasteiger partial charge is 0.478 e. The summed E-state index contributed by atoms with van der Waals surface area (Å²) in [5.74, 6) is 0.967. The number of nitrogens with one attached hydrogen (secondary N) is 1. The number of hydrogen-bond acceptors (Lipinski definition) is 3. The molecule has 1 aromatic carbocycles. The van der Waals surface area contributed by atoms with Crippen LogP contribution in [0, 0.1) is 5.92 Å². The van der Waals surface area contributed by atoms with E-state index in [1.807, 2.05) is 25.1 Å². The molecule has 0 spiro atoms. The molecule has 0 unspecified atom stereocenters. The molecule has 1 fully saturated rings. The number of aromatic carboxylic acids is 1. The number of anilines is 1. The number of benzene rings is 1. The molecular formula is C15H21NO2S. The fourth-order valence-corrected chi connectivity index (χ4v) is 3.02. The van der Waals surface area contributed by atoms with Crippen molar-refractivity contribution in [2.45, 2.75) is 37.5 Å². The quantitative estimate of drug-likeness (QED) is 0.555. The van der Waals surface area contributed by atoms with E-state index in [1.54, 1.807) is 11.8 Å². The number of carboxylic acids is 1. The molecule has 2 N–H and O–H groups in total. The predicted octanol–water partition coefficient (Wildman–Crippen LogP) is 4.10. The van der Waals surface area contributed by atoms with Gasteiger partial charge in [0.25, 0.3) is 0 Å². The summed E-state index contributed by atoms with van der Waals surface area (Å²) < 4.78 is 0. The Balaban J connectivity index is 2.00. The van der Waals surface area contributed by atoms with Crippen molar-refractivity contribution in [3.05, 3.63) is 23.8 Å². The van der Waals surface area contributed by atoms with E-state index in [4.69, 9.17) is 0 Å². The Bertz CT molecular complexity index is 444. The van der Waals surface area contributed by atoms with Gasteiger partial charge in [0.05, 0.1) is 5.56 Å². The molecule has 19 heavy (non-hydrogen) atoms. The Morgan fingerprint density at radius 1 is 1.47 bits per heavy atom. The van der Waals surface area contributed by atoms with Crippen LogP contribution >= 0.6 is 11.8 Å². The van der Waals surface area contributed by atoms with Crippen molar-refractivity contribution in [1.82, 2.24) is 0 Å². The Morgan fingerprint density at radius 2 is 2.26 bits per heavy atom. The highest BCUT2D eigenvalue weighted by molar-refractivity contribution is 7.99. The zero-order chi connectivity index (χ0) is 13.7. The summed E-state index contributed by atoms with van der Waals surface area (Å²) >= 11 is 1.58. The third kappa shape index (κ3) is 4.16. The highest BCUT2D eigenvalue weighted by Crippen LogP contribution is 2.33. The van der Waals surface area contributed by atoms with E-state index in [1.165, 1.54) is 19.3 Å². The van der Waals surface area contributed by atoms with Crippen LogP contribution in [0.1, 0.15) is 43.0 Å². The molecule has 1 aromatic rings. The van der Waals surface area contributed by atoms with E-state index in [-0.39, 0.29) is 0 Å². The zero-order valence-corrected chi connectivity index (χ0v) is 12.1. The monoisotopic (exact) mass is 279 g/mol. The molecule has 0 heterocycles. The molecule has 4 heteroatoms. The van der Waals surface area contributed by atoms with Gasteiger partial charge in [-0.05, 0) is 36.6 Å². The molecule has 0 bridgehead atoms. The molecule has 0 saturated heterocycles. The molecule has 0 aromatic heterocycles. The maximum atomic E-state index is 11.4. The molecule has 2 rings (SSSR count). The SMILES string of the molecule is CCSc1cccc(NCCCC2CC2)c1C(=O)O. The van der Waals surface area contributed by atoms with Crippen LogP contribution in [0.3, 0.4) is 0 Å². The minimum atomic E-state index is -0.846. The molecule has 104 valence electrons. The first kappa shape index (κ1) is 14.3. The van der Waals surface area contributed by atoms with Crippen LogP contribution in [0.4, 0.5) is 5.69 Å². The van der Waals surface area contributed by atoms with Crippen LogP contribution in [0.25, 0.3) is 0 Å². The Morgan fingerprint density at radius 3 is 2.89 bits per heavy atom. The van der Waals surface area contributed by atoms with Crippen molar-refractivity contribution >= 4 is 23.4 Å². The van der Waals surface area contributed by atoms with E-state index < -0.39 is 5.97 Å². The van der Waals surface area contributed by atoms with Gasteiger partial charge in [0.2, 0.25) is 0 Å².